The zero-order valence-corrected chi connectivity index (χ0v) is 20.7. The summed E-state index contributed by atoms with van der Waals surface area (Å²) in [6.07, 6.45) is 2.30. The second-order valence-corrected chi connectivity index (χ2v) is 7.72. The Morgan fingerprint density at radius 2 is 1.87 bits per heavy atom. The van der Waals surface area contributed by atoms with E-state index in [9.17, 15) is 0 Å². The molecule has 0 amide bonds. The van der Waals surface area contributed by atoms with Gasteiger partial charge < -0.3 is 20.1 Å². The molecule has 0 saturated carbocycles. The number of hydrogen-bond acceptors (Lipinski definition) is 3. The third kappa shape index (κ3) is 8.06. The molecule has 1 fully saturated rings. The lowest BCUT2D eigenvalue weighted by Gasteiger charge is -2.22. The van der Waals surface area contributed by atoms with Crippen molar-refractivity contribution in [3.05, 3.63) is 70.2 Å². The summed E-state index contributed by atoms with van der Waals surface area (Å²) in [5.41, 5.74) is 3.50. The van der Waals surface area contributed by atoms with E-state index in [1.165, 1.54) is 11.1 Å². The normalized spacial score (nSPS) is 15.9. The Bertz CT molecular complexity index is 795. The summed E-state index contributed by atoms with van der Waals surface area (Å²) in [5, 5.41) is 7.50. The standard InChI is InChI=1S/C23H30ClN3O2.HI/c1-17(20-4-3-5-21(24)14-20)27-23(25-2)26-15-18-6-8-19(9-7-18)16-29-22-10-12-28-13-11-22;/h3-9,14,17,22H,10-13,15-16H2,1-2H3,(H2,25,26,27);1H. The van der Waals surface area contributed by atoms with Crippen LogP contribution in [-0.2, 0) is 22.6 Å². The number of halogens is 2. The Labute approximate surface area is 201 Å². The van der Waals surface area contributed by atoms with Crippen molar-refractivity contribution in [1.82, 2.24) is 10.6 Å². The molecule has 30 heavy (non-hydrogen) atoms. The molecule has 3 rings (SSSR count). The van der Waals surface area contributed by atoms with Crippen LogP contribution in [0.15, 0.2) is 53.5 Å². The van der Waals surface area contributed by atoms with Crippen molar-refractivity contribution in [2.75, 3.05) is 20.3 Å². The second kappa shape index (κ2) is 13.1. The molecule has 1 unspecified atom stereocenters. The average molecular weight is 544 g/mol. The monoisotopic (exact) mass is 543 g/mol. The molecule has 0 bridgehead atoms. The predicted octanol–water partition coefficient (Wildman–Crippen LogP) is 5.08. The van der Waals surface area contributed by atoms with Gasteiger partial charge in [-0.3, -0.25) is 4.99 Å². The van der Waals surface area contributed by atoms with Gasteiger partial charge in [0.15, 0.2) is 5.96 Å². The minimum Gasteiger partial charge on any atom is -0.381 e. The fourth-order valence-corrected chi connectivity index (χ4v) is 3.45. The van der Waals surface area contributed by atoms with Crippen LogP contribution in [0.4, 0.5) is 0 Å². The van der Waals surface area contributed by atoms with Crippen LogP contribution in [0.3, 0.4) is 0 Å². The third-order valence-electron chi connectivity index (χ3n) is 5.06. The maximum absolute atomic E-state index is 6.09. The van der Waals surface area contributed by atoms with E-state index < -0.39 is 0 Å². The number of rotatable bonds is 7. The van der Waals surface area contributed by atoms with Crippen LogP contribution < -0.4 is 10.6 Å². The summed E-state index contributed by atoms with van der Waals surface area (Å²) in [5.74, 6) is 0.754. The van der Waals surface area contributed by atoms with Gasteiger partial charge >= 0.3 is 0 Å². The van der Waals surface area contributed by atoms with Gasteiger partial charge in [-0.1, -0.05) is 48.0 Å². The lowest BCUT2D eigenvalue weighted by Crippen LogP contribution is -2.38. The number of benzene rings is 2. The number of hydrogen-bond donors (Lipinski definition) is 2. The van der Waals surface area contributed by atoms with E-state index >= 15 is 0 Å². The first-order valence-corrected chi connectivity index (χ1v) is 10.5. The van der Waals surface area contributed by atoms with E-state index in [1.807, 2.05) is 18.2 Å². The fraction of sp³-hybridized carbons (Fsp3) is 0.435. The Hall–Kier alpha value is -1.35. The van der Waals surface area contributed by atoms with Gasteiger partial charge in [-0.15, -0.1) is 24.0 Å². The van der Waals surface area contributed by atoms with Gasteiger partial charge in [0.25, 0.3) is 0 Å². The van der Waals surface area contributed by atoms with E-state index in [1.54, 1.807) is 7.05 Å². The minimum absolute atomic E-state index is 0. The van der Waals surface area contributed by atoms with Crippen molar-refractivity contribution in [3.8, 4) is 0 Å². The molecule has 0 radical (unpaired) electrons. The third-order valence-corrected chi connectivity index (χ3v) is 5.30. The number of nitrogens with one attached hydrogen (secondary N) is 2. The van der Waals surface area contributed by atoms with Crippen LogP contribution in [0.1, 0.15) is 42.5 Å². The molecule has 1 saturated heterocycles. The maximum atomic E-state index is 6.09. The van der Waals surface area contributed by atoms with Crippen LogP contribution in [0.25, 0.3) is 0 Å². The van der Waals surface area contributed by atoms with Crippen molar-refractivity contribution >= 4 is 41.5 Å². The van der Waals surface area contributed by atoms with Crippen molar-refractivity contribution in [2.45, 2.75) is 45.1 Å². The van der Waals surface area contributed by atoms with Crippen molar-refractivity contribution < 1.29 is 9.47 Å². The molecule has 0 spiro atoms. The van der Waals surface area contributed by atoms with Crippen LogP contribution in [0.5, 0.6) is 0 Å². The first kappa shape index (κ1) is 24.9. The largest absolute Gasteiger partial charge is 0.381 e. The smallest absolute Gasteiger partial charge is 0.191 e. The van der Waals surface area contributed by atoms with Crippen LogP contribution >= 0.6 is 35.6 Å². The Morgan fingerprint density at radius 3 is 2.53 bits per heavy atom. The molecule has 1 heterocycles. The van der Waals surface area contributed by atoms with Gasteiger partial charge in [-0.25, -0.2) is 0 Å². The summed E-state index contributed by atoms with van der Waals surface area (Å²) in [4.78, 5) is 4.32. The number of nitrogens with zero attached hydrogens (tertiary/aromatic N) is 1. The molecular formula is C23H31ClIN3O2. The molecule has 0 aromatic heterocycles. The topological polar surface area (TPSA) is 54.9 Å². The zero-order chi connectivity index (χ0) is 20.5. The first-order chi connectivity index (χ1) is 14.1. The highest BCUT2D eigenvalue weighted by Crippen LogP contribution is 2.17. The quantitative estimate of drug-likeness (QED) is 0.291. The van der Waals surface area contributed by atoms with Gasteiger partial charge in [-0.05, 0) is 48.6 Å². The van der Waals surface area contributed by atoms with Gasteiger partial charge in [0, 0.05) is 31.8 Å². The average Bonchev–Trinajstić information content (AvgIpc) is 2.76. The second-order valence-electron chi connectivity index (χ2n) is 7.29. The number of ether oxygens (including phenoxy) is 2. The van der Waals surface area contributed by atoms with Gasteiger partial charge in [0.2, 0.25) is 0 Å². The molecule has 2 aromatic carbocycles. The lowest BCUT2D eigenvalue weighted by atomic mass is 10.1. The molecule has 1 atom stereocenters. The molecule has 1 aliphatic heterocycles. The van der Waals surface area contributed by atoms with Crippen molar-refractivity contribution in [2.24, 2.45) is 4.99 Å². The van der Waals surface area contributed by atoms with Crippen LogP contribution in [0, 0.1) is 0 Å². The number of guanidine groups is 1. The molecule has 5 nitrogen and oxygen atoms in total. The van der Waals surface area contributed by atoms with Gasteiger partial charge in [-0.2, -0.15) is 0 Å². The summed E-state index contributed by atoms with van der Waals surface area (Å²) in [7, 11) is 1.77. The van der Waals surface area contributed by atoms with Crippen molar-refractivity contribution in [1.29, 1.82) is 0 Å². The van der Waals surface area contributed by atoms with Crippen molar-refractivity contribution in [3.63, 3.8) is 0 Å². The Kier molecular flexibility index (Phi) is 10.9. The van der Waals surface area contributed by atoms with Gasteiger partial charge in [0.1, 0.15) is 0 Å². The summed E-state index contributed by atoms with van der Waals surface area (Å²) < 4.78 is 11.4. The summed E-state index contributed by atoms with van der Waals surface area (Å²) in [6, 6.07) is 16.5. The highest BCUT2D eigenvalue weighted by atomic mass is 127. The molecule has 2 aromatic rings. The van der Waals surface area contributed by atoms with E-state index in [4.69, 9.17) is 21.1 Å². The predicted molar refractivity (Wildman–Crippen MR) is 134 cm³/mol. The number of aliphatic imine (C=N–C) groups is 1. The van der Waals surface area contributed by atoms with E-state index in [0.717, 1.165) is 42.6 Å². The van der Waals surface area contributed by atoms with E-state index in [2.05, 4.69) is 52.9 Å². The highest BCUT2D eigenvalue weighted by Gasteiger charge is 2.14. The fourth-order valence-electron chi connectivity index (χ4n) is 3.25. The maximum Gasteiger partial charge on any atom is 0.191 e. The molecule has 2 N–H and O–H groups in total. The van der Waals surface area contributed by atoms with Gasteiger partial charge in [0.05, 0.1) is 18.8 Å². The van der Waals surface area contributed by atoms with E-state index in [-0.39, 0.29) is 30.0 Å². The molecule has 1 aliphatic rings. The first-order valence-electron chi connectivity index (χ1n) is 10.1. The van der Waals surface area contributed by atoms with E-state index in [0.29, 0.717) is 19.3 Å². The molecule has 0 aliphatic carbocycles. The Morgan fingerprint density at radius 1 is 1.17 bits per heavy atom. The molecule has 7 heteroatoms. The zero-order valence-electron chi connectivity index (χ0n) is 17.6. The molecule has 164 valence electrons. The SMILES string of the molecule is CN=C(NCc1ccc(COC2CCOCC2)cc1)NC(C)c1cccc(Cl)c1.I. The Balaban J connectivity index is 0.00000320. The summed E-state index contributed by atoms with van der Waals surface area (Å²) in [6.45, 7) is 5.05. The molecular weight excluding hydrogens is 513 g/mol. The minimum atomic E-state index is 0. The van der Waals surface area contributed by atoms with Crippen LogP contribution in [-0.4, -0.2) is 32.3 Å². The highest BCUT2D eigenvalue weighted by molar-refractivity contribution is 14.0. The summed E-state index contributed by atoms with van der Waals surface area (Å²) >= 11 is 6.09. The van der Waals surface area contributed by atoms with Crippen LogP contribution in [0.2, 0.25) is 5.02 Å². The lowest BCUT2D eigenvalue weighted by molar-refractivity contribution is -0.0390.